The summed E-state index contributed by atoms with van der Waals surface area (Å²) < 4.78 is 0. The van der Waals surface area contributed by atoms with Gasteiger partial charge in [-0.05, 0) is 47.7 Å². The average molecular weight is 252 g/mol. The van der Waals surface area contributed by atoms with Gasteiger partial charge in [-0.1, -0.05) is 18.2 Å². The van der Waals surface area contributed by atoms with Gasteiger partial charge < -0.3 is 5.32 Å². The molecule has 0 radical (unpaired) electrons. The van der Waals surface area contributed by atoms with Crippen LogP contribution in [0.5, 0.6) is 0 Å². The zero-order valence-corrected chi connectivity index (χ0v) is 10.7. The first-order valence-electron chi connectivity index (χ1n) is 6.60. The van der Waals surface area contributed by atoms with Crippen LogP contribution >= 0.6 is 0 Å². The molecule has 3 nitrogen and oxygen atoms in total. The molecule has 19 heavy (non-hydrogen) atoms. The molecule has 1 aromatic heterocycles. The number of rotatable bonds is 4. The van der Waals surface area contributed by atoms with Crippen molar-refractivity contribution < 1.29 is 4.79 Å². The van der Waals surface area contributed by atoms with Crippen molar-refractivity contribution in [1.82, 2.24) is 10.3 Å². The third-order valence-electron chi connectivity index (χ3n) is 3.36. The number of pyridine rings is 1. The van der Waals surface area contributed by atoms with Crippen molar-refractivity contribution in [2.24, 2.45) is 5.92 Å². The van der Waals surface area contributed by atoms with Crippen LogP contribution in [0.4, 0.5) is 0 Å². The Balaban J connectivity index is 1.71. The molecule has 0 unspecified atom stereocenters. The highest BCUT2D eigenvalue weighted by molar-refractivity contribution is 5.80. The molecule has 1 aliphatic carbocycles. The van der Waals surface area contributed by atoms with E-state index >= 15 is 0 Å². The van der Waals surface area contributed by atoms with Gasteiger partial charge in [-0.15, -0.1) is 0 Å². The fraction of sp³-hybridized carbons (Fsp3) is 0.250. The molecule has 3 rings (SSSR count). The van der Waals surface area contributed by atoms with E-state index in [9.17, 15) is 4.79 Å². The molecule has 1 aromatic carbocycles. The van der Waals surface area contributed by atoms with Crippen LogP contribution in [0.3, 0.4) is 0 Å². The Morgan fingerprint density at radius 1 is 1.16 bits per heavy atom. The lowest BCUT2D eigenvalue weighted by Gasteiger charge is -2.07. The zero-order chi connectivity index (χ0) is 13.1. The molecule has 0 bridgehead atoms. The summed E-state index contributed by atoms with van der Waals surface area (Å²) >= 11 is 0. The average Bonchev–Trinajstić information content (AvgIpc) is 3.31. The Labute approximate surface area is 112 Å². The smallest absolute Gasteiger partial charge is 0.223 e. The summed E-state index contributed by atoms with van der Waals surface area (Å²) in [6, 6.07) is 12.2. The van der Waals surface area contributed by atoms with Crippen molar-refractivity contribution in [3.8, 4) is 11.1 Å². The van der Waals surface area contributed by atoms with Crippen molar-refractivity contribution in [2.45, 2.75) is 19.4 Å². The standard InChI is InChI=1S/C16H16N2O/c19-16(14-4-5-14)18-11-12-2-1-3-15(10-12)13-6-8-17-9-7-13/h1-3,6-10,14H,4-5,11H2,(H,18,19). The maximum Gasteiger partial charge on any atom is 0.223 e. The van der Waals surface area contributed by atoms with Crippen LogP contribution < -0.4 is 5.32 Å². The van der Waals surface area contributed by atoms with E-state index in [1.165, 1.54) is 0 Å². The van der Waals surface area contributed by atoms with Crippen LogP contribution in [-0.2, 0) is 11.3 Å². The van der Waals surface area contributed by atoms with E-state index in [2.05, 4.69) is 22.4 Å². The molecular formula is C16H16N2O. The molecular weight excluding hydrogens is 236 g/mol. The van der Waals surface area contributed by atoms with E-state index in [0.717, 1.165) is 29.5 Å². The number of nitrogens with zero attached hydrogens (tertiary/aromatic N) is 1. The second-order valence-electron chi connectivity index (χ2n) is 4.93. The number of aromatic nitrogens is 1. The third kappa shape index (κ3) is 2.99. The first-order chi connectivity index (χ1) is 9.33. The number of carbonyl (C=O) groups is 1. The van der Waals surface area contributed by atoms with Crippen molar-refractivity contribution in [2.75, 3.05) is 0 Å². The SMILES string of the molecule is O=C(NCc1cccc(-c2ccncc2)c1)C1CC1. The maximum atomic E-state index is 11.6. The molecule has 2 aromatic rings. The quantitative estimate of drug-likeness (QED) is 0.909. The summed E-state index contributed by atoms with van der Waals surface area (Å²) in [4.78, 5) is 15.6. The fourth-order valence-corrected chi connectivity index (χ4v) is 2.08. The normalized spacial score (nSPS) is 14.1. The molecule has 1 amide bonds. The van der Waals surface area contributed by atoms with Crippen molar-refractivity contribution in [3.63, 3.8) is 0 Å². The minimum Gasteiger partial charge on any atom is -0.352 e. The number of amides is 1. The summed E-state index contributed by atoms with van der Waals surface area (Å²) in [7, 11) is 0. The molecule has 1 heterocycles. The number of benzene rings is 1. The Morgan fingerprint density at radius 2 is 1.95 bits per heavy atom. The van der Waals surface area contributed by atoms with Gasteiger partial charge in [-0.25, -0.2) is 0 Å². The Morgan fingerprint density at radius 3 is 2.68 bits per heavy atom. The monoisotopic (exact) mass is 252 g/mol. The summed E-state index contributed by atoms with van der Waals surface area (Å²) in [5.41, 5.74) is 3.43. The van der Waals surface area contributed by atoms with Gasteiger partial charge in [0.1, 0.15) is 0 Å². The lowest BCUT2D eigenvalue weighted by atomic mass is 10.0. The first kappa shape index (κ1) is 11.9. The zero-order valence-electron chi connectivity index (χ0n) is 10.7. The molecule has 0 saturated heterocycles. The van der Waals surface area contributed by atoms with Crippen molar-refractivity contribution in [3.05, 3.63) is 54.4 Å². The highest BCUT2D eigenvalue weighted by Crippen LogP contribution is 2.28. The molecule has 3 heteroatoms. The van der Waals surface area contributed by atoms with Crippen LogP contribution in [0.1, 0.15) is 18.4 Å². The number of carbonyl (C=O) groups excluding carboxylic acids is 1. The third-order valence-corrected chi connectivity index (χ3v) is 3.36. The Hall–Kier alpha value is -2.16. The van der Waals surface area contributed by atoms with Crippen LogP contribution in [0, 0.1) is 5.92 Å². The number of hydrogen-bond donors (Lipinski definition) is 1. The van der Waals surface area contributed by atoms with Crippen LogP contribution in [0.25, 0.3) is 11.1 Å². The molecule has 96 valence electrons. The summed E-state index contributed by atoms with van der Waals surface area (Å²) in [6.45, 7) is 0.605. The van der Waals surface area contributed by atoms with E-state index in [1.54, 1.807) is 12.4 Å². The van der Waals surface area contributed by atoms with Crippen molar-refractivity contribution >= 4 is 5.91 Å². The van der Waals surface area contributed by atoms with E-state index in [1.807, 2.05) is 24.3 Å². The highest BCUT2D eigenvalue weighted by Gasteiger charge is 2.29. The minimum absolute atomic E-state index is 0.189. The Kier molecular flexibility index (Phi) is 3.27. The summed E-state index contributed by atoms with van der Waals surface area (Å²) in [5.74, 6) is 0.456. The molecule has 0 spiro atoms. The second-order valence-corrected chi connectivity index (χ2v) is 4.93. The molecule has 0 aliphatic heterocycles. The Bertz CT molecular complexity index is 576. The minimum atomic E-state index is 0.189. The van der Waals surface area contributed by atoms with Gasteiger partial charge >= 0.3 is 0 Å². The van der Waals surface area contributed by atoms with Gasteiger partial charge in [-0.2, -0.15) is 0 Å². The first-order valence-corrected chi connectivity index (χ1v) is 6.60. The summed E-state index contributed by atoms with van der Waals surface area (Å²) in [5, 5.41) is 2.99. The largest absolute Gasteiger partial charge is 0.352 e. The van der Waals surface area contributed by atoms with Gasteiger partial charge in [-0.3, -0.25) is 9.78 Å². The lowest BCUT2D eigenvalue weighted by Crippen LogP contribution is -2.24. The lowest BCUT2D eigenvalue weighted by molar-refractivity contribution is -0.122. The molecule has 1 fully saturated rings. The molecule has 1 N–H and O–H groups in total. The van der Waals surface area contributed by atoms with E-state index in [-0.39, 0.29) is 11.8 Å². The van der Waals surface area contributed by atoms with Crippen LogP contribution in [-0.4, -0.2) is 10.9 Å². The van der Waals surface area contributed by atoms with Crippen LogP contribution in [0.15, 0.2) is 48.8 Å². The number of nitrogens with one attached hydrogen (secondary N) is 1. The van der Waals surface area contributed by atoms with Crippen LogP contribution in [0.2, 0.25) is 0 Å². The molecule has 1 aliphatic rings. The maximum absolute atomic E-state index is 11.6. The predicted octanol–water partition coefficient (Wildman–Crippen LogP) is 2.77. The van der Waals surface area contributed by atoms with Gasteiger partial charge in [0.25, 0.3) is 0 Å². The molecule has 0 atom stereocenters. The van der Waals surface area contributed by atoms with E-state index in [4.69, 9.17) is 0 Å². The highest BCUT2D eigenvalue weighted by atomic mass is 16.2. The van der Waals surface area contributed by atoms with Gasteiger partial charge in [0.15, 0.2) is 0 Å². The second kappa shape index (κ2) is 5.22. The van der Waals surface area contributed by atoms with Crippen molar-refractivity contribution in [1.29, 1.82) is 0 Å². The summed E-state index contributed by atoms with van der Waals surface area (Å²) in [6.07, 6.45) is 5.67. The topological polar surface area (TPSA) is 42.0 Å². The van der Waals surface area contributed by atoms with Gasteiger partial charge in [0.05, 0.1) is 0 Å². The predicted molar refractivity (Wildman–Crippen MR) is 74.2 cm³/mol. The fourth-order valence-electron chi connectivity index (χ4n) is 2.08. The number of hydrogen-bond acceptors (Lipinski definition) is 2. The molecule has 1 saturated carbocycles. The van der Waals surface area contributed by atoms with E-state index in [0.29, 0.717) is 6.54 Å². The van der Waals surface area contributed by atoms with E-state index < -0.39 is 0 Å². The van der Waals surface area contributed by atoms with Gasteiger partial charge in [0.2, 0.25) is 5.91 Å². The van der Waals surface area contributed by atoms with Gasteiger partial charge in [0, 0.05) is 24.9 Å².